The fraction of sp³-hybridized carbons (Fsp3) is 0.519. The highest BCUT2D eigenvalue weighted by Crippen LogP contribution is 2.39. The third kappa shape index (κ3) is 7.80. The zero-order chi connectivity index (χ0) is 30.7. The smallest absolute Gasteiger partial charge is 0.407 e. The van der Waals surface area contributed by atoms with Crippen molar-refractivity contribution in [1.82, 2.24) is 15.1 Å². The number of unbranched alkanes of at least 4 members (excludes halogenated alkanes) is 1. The fourth-order valence-electron chi connectivity index (χ4n) is 4.66. The van der Waals surface area contributed by atoms with Gasteiger partial charge in [-0.3, -0.25) is 14.4 Å². The van der Waals surface area contributed by atoms with Crippen molar-refractivity contribution in [2.24, 2.45) is 5.41 Å². The van der Waals surface area contributed by atoms with Gasteiger partial charge in [0, 0.05) is 13.0 Å². The number of alkyl carbamates (subject to hydrolysis) is 1. The number of benzene rings is 1. The van der Waals surface area contributed by atoms with Crippen molar-refractivity contribution in [3.8, 4) is 0 Å². The van der Waals surface area contributed by atoms with Crippen LogP contribution in [0.5, 0.6) is 0 Å². The lowest BCUT2D eigenvalue weighted by molar-refractivity contribution is -0.170. The second-order valence-electron chi connectivity index (χ2n) is 9.55. The van der Waals surface area contributed by atoms with Crippen LogP contribution in [0, 0.1) is 5.41 Å². The molecule has 0 saturated carbocycles. The number of ether oxygens (including phenoxy) is 1. The van der Waals surface area contributed by atoms with Gasteiger partial charge in [-0.2, -0.15) is 0 Å². The van der Waals surface area contributed by atoms with Crippen LogP contribution in [0.15, 0.2) is 30.3 Å². The van der Waals surface area contributed by atoms with E-state index in [9.17, 15) is 43.8 Å². The number of carbonyl (C=O) groups is 7. The van der Waals surface area contributed by atoms with E-state index in [0.29, 0.717) is 9.80 Å². The molecule has 0 radical (unpaired) electrons. The zero-order valence-electron chi connectivity index (χ0n) is 22.9. The number of rotatable bonds is 16. The monoisotopic (exact) mass is 577 g/mol. The summed E-state index contributed by atoms with van der Waals surface area (Å²) in [4.78, 5) is 88.4. The van der Waals surface area contributed by atoms with Gasteiger partial charge in [-0.05, 0) is 44.1 Å². The third-order valence-electron chi connectivity index (χ3n) is 7.09. The summed E-state index contributed by atoms with van der Waals surface area (Å²) in [6, 6.07) is 3.91. The maximum absolute atomic E-state index is 13.5. The average Bonchev–Trinajstić information content (AvgIpc) is 2.93. The van der Waals surface area contributed by atoms with Gasteiger partial charge in [0.05, 0.1) is 0 Å². The lowest BCUT2D eigenvalue weighted by Crippen LogP contribution is -2.70. The van der Waals surface area contributed by atoms with Crippen LogP contribution < -0.4 is 5.32 Å². The Hall–Kier alpha value is -4.49. The van der Waals surface area contributed by atoms with Crippen LogP contribution in [0.2, 0.25) is 0 Å². The van der Waals surface area contributed by atoms with Gasteiger partial charge < -0.3 is 25.4 Å². The molecule has 0 bridgehead atoms. The standard InChI is InChI=1S/C27H35N3O11/c1-3-27(4-2)23(37)29(26(40)30(24(27)38)19(22(35)36)13-14-20(31)32)18(21(33)34)12-8-9-15-28-25(39)41-16-17-10-6-5-7-11-17/h5-7,10-11,18-19H,3-4,8-9,12-16H2,1-2H3,(H,28,39)(H,31,32)(H,33,34)(H,35,36). The number of hydrogen-bond donors (Lipinski definition) is 4. The third-order valence-corrected chi connectivity index (χ3v) is 7.09. The number of barbiturate groups is 1. The van der Waals surface area contributed by atoms with Crippen molar-refractivity contribution in [2.45, 2.75) is 77.5 Å². The van der Waals surface area contributed by atoms with Crippen LogP contribution in [-0.4, -0.2) is 85.6 Å². The summed E-state index contributed by atoms with van der Waals surface area (Å²) in [6.45, 7) is 3.13. The van der Waals surface area contributed by atoms with Crippen LogP contribution in [-0.2, 0) is 35.3 Å². The summed E-state index contributed by atoms with van der Waals surface area (Å²) in [6.07, 6.45) is -2.14. The van der Waals surface area contributed by atoms with Gasteiger partial charge >= 0.3 is 30.0 Å². The average molecular weight is 578 g/mol. The van der Waals surface area contributed by atoms with E-state index in [1.807, 2.05) is 6.07 Å². The predicted octanol–water partition coefficient (Wildman–Crippen LogP) is 2.45. The van der Waals surface area contributed by atoms with Crippen molar-refractivity contribution < 1.29 is 53.6 Å². The van der Waals surface area contributed by atoms with Crippen molar-refractivity contribution >= 4 is 41.8 Å². The van der Waals surface area contributed by atoms with Crippen LogP contribution in [0.4, 0.5) is 9.59 Å². The summed E-state index contributed by atoms with van der Waals surface area (Å²) in [5, 5.41) is 31.2. The molecule has 224 valence electrons. The van der Waals surface area contributed by atoms with E-state index in [1.165, 1.54) is 13.8 Å². The second kappa shape index (κ2) is 14.8. The molecule has 1 aromatic carbocycles. The number of hydrogen-bond acceptors (Lipinski definition) is 8. The van der Waals surface area contributed by atoms with E-state index in [2.05, 4.69) is 5.32 Å². The van der Waals surface area contributed by atoms with Crippen molar-refractivity contribution in [3.63, 3.8) is 0 Å². The van der Waals surface area contributed by atoms with Gasteiger partial charge in [0.25, 0.3) is 0 Å². The Morgan fingerprint density at radius 2 is 1.39 bits per heavy atom. The number of nitrogens with one attached hydrogen (secondary N) is 1. The molecule has 1 aliphatic heterocycles. The quantitative estimate of drug-likeness (QED) is 0.166. The minimum atomic E-state index is -1.92. The van der Waals surface area contributed by atoms with E-state index in [0.717, 1.165) is 5.56 Å². The Kier molecular flexibility index (Phi) is 11.8. The van der Waals surface area contributed by atoms with Gasteiger partial charge in [0.2, 0.25) is 11.8 Å². The molecule has 2 atom stereocenters. The number of amides is 5. The molecule has 1 aliphatic rings. The fourth-order valence-corrected chi connectivity index (χ4v) is 4.66. The van der Waals surface area contributed by atoms with Gasteiger partial charge in [-0.15, -0.1) is 0 Å². The molecular weight excluding hydrogens is 542 g/mol. The molecule has 2 rings (SSSR count). The highest BCUT2D eigenvalue weighted by atomic mass is 16.5. The number of nitrogens with zero attached hydrogens (tertiary/aromatic N) is 2. The Labute approximate surface area is 236 Å². The SMILES string of the molecule is CCC1(CC)C(=O)N(C(CCCCNC(=O)OCc2ccccc2)C(=O)O)C(=O)N(C(CCC(=O)O)C(=O)O)C1=O. The Balaban J connectivity index is 2.16. The van der Waals surface area contributed by atoms with Crippen molar-refractivity contribution in [3.05, 3.63) is 35.9 Å². The topological polar surface area (TPSA) is 208 Å². The first-order valence-electron chi connectivity index (χ1n) is 13.2. The normalized spacial score (nSPS) is 16.2. The molecule has 0 spiro atoms. The number of imide groups is 2. The second-order valence-corrected chi connectivity index (χ2v) is 9.55. The van der Waals surface area contributed by atoms with Crippen LogP contribution in [0.1, 0.15) is 64.4 Å². The summed E-state index contributed by atoms with van der Waals surface area (Å²) in [7, 11) is 0. The summed E-state index contributed by atoms with van der Waals surface area (Å²) >= 11 is 0. The van der Waals surface area contributed by atoms with Gasteiger partial charge in [-0.25, -0.2) is 29.0 Å². The molecule has 1 fully saturated rings. The largest absolute Gasteiger partial charge is 0.481 e. The molecule has 4 N–H and O–H groups in total. The van der Waals surface area contributed by atoms with E-state index < -0.39 is 72.2 Å². The molecular formula is C27H35N3O11. The first-order chi connectivity index (χ1) is 19.4. The summed E-state index contributed by atoms with van der Waals surface area (Å²) in [5.41, 5.74) is -1.11. The first kappa shape index (κ1) is 32.7. The van der Waals surface area contributed by atoms with Gasteiger partial charge in [-0.1, -0.05) is 44.2 Å². The lowest BCUT2D eigenvalue weighted by atomic mass is 9.77. The number of carboxylic acids is 3. The highest BCUT2D eigenvalue weighted by Gasteiger charge is 2.59. The van der Waals surface area contributed by atoms with Crippen molar-refractivity contribution in [1.29, 1.82) is 0 Å². The van der Waals surface area contributed by atoms with E-state index in [-0.39, 0.29) is 45.3 Å². The highest BCUT2D eigenvalue weighted by molar-refractivity contribution is 6.21. The number of carboxylic acid groups (broad SMARTS) is 3. The van der Waals surface area contributed by atoms with E-state index in [4.69, 9.17) is 9.84 Å². The molecule has 1 heterocycles. The minimum Gasteiger partial charge on any atom is -0.481 e. The first-order valence-corrected chi connectivity index (χ1v) is 13.2. The lowest BCUT2D eigenvalue weighted by Gasteiger charge is -2.46. The van der Waals surface area contributed by atoms with Gasteiger partial charge in [0.1, 0.15) is 24.1 Å². The summed E-state index contributed by atoms with van der Waals surface area (Å²) in [5.74, 6) is -6.73. The molecule has 0 aliphatic carbocycles. The van der Waals surface area contributed by atoms with Gasteiger partial charge in [0.15, 0.2) is 0 Å². The minimum absolute atomic E-state index is 0.0581. The van der Waals surface area contributed by atoms with E-state index in [1.54, 1.807) is 24.3 Å². The number of aliphatic carboxylic acids is 3. The molecule has 41 heavy (non-hydrogen) atoms. The number of urea groups is 1. The van der Waals surface area contributed by atoms with Crippen molar-refractivity contribution in [2.75, 3.05) is 6.54 Å². The molecule has 14 nitrogen and oxygen atoms in total. The maximum Gasteiger partial charge on any atom is 0.407 e. The summed E-state index contributed by atoms with van der Waals surface area (Å²) < 4.78 is 5.10. The zero-order valence-corrected chi connectivity index (χ0v) is 22.9. The van der Waals surface area contributed by atoms with Crippen LogP contribution >= 0.6 is 0 Å². The number of carbonyl (C=O) groups excluding carboxylic acids is 4. The Morgan fingerprint density at radius 3 is 1.88 bits per heavy atom. The Morgan fingerprint density at radius 1 is 0.854 bits per heavy atom. The predicted molar refractivity (Wildman–Crippen MR) is 140 cm³/mol. The van der Waals surface area contributed by atoms with Crippen LogP contribution in [0.25, 0.3) is 0 Å². The molecule has 1 saturated heterocycles. The molecule has 5 amide bonds. The maximum atomic E-state index is 13.5. The van der Waals surface area contributed by atoms with Crippen LogP contribution in [0.3, 0.4) is 0 Å². The molecule has 0 aromatic heterocycles. The Bertz CT molecular complexity index is 1150. The molecule has 1 aromatic rings. The molecule has 2 unspecified atom stereocenters. The van der Waals surface area contributed by atoms with E-state index >= 15 is 0 Å². The molecule has 14 heteroatoms.